The van der Waals surface area contributed by atoms with Crippen LogP contribution in [0.2, 0.25) is 0 Å². The molecule has 5 heteroatoms. The van der Waals surface area contributed by atoms with Gasteiger partial charge in [0.05, 0.1) is 11.1 Å². The van der Waals surface area contributed by atoms with Crippen LogP contribution in [-0.4, -0.2) is 15.7 Å². The van der Waals surface area contributed by atoms with Crippen LogP contribution >= 0.6 is 0 Å². The fourth-order valence-corrected chi connectivity index (χ4v) is 2.31. The molecule has 21 heavy (non-hydrogen) atoms. The van der Waals surface area contributed by atoms with Gasteiger partial charge in [0.1, 0.15) is 0 Å². The fourth-order valence-electron chi connectivity index (χ4n) is 2.31. The Labute approximate surface area is 120 Å². The second kappa shape index (κ2) is 4.86. The topological polar surface area (TPSA) is 78.0 Å². The van der Waals surface area contributed by atoms with Gasteiger partial charge < -0.3 is 5.73 Å². The molecule has 2 N–H and O–H groups in total. The number of carbonyl (C=O) groups is 1. The van der Waals surface area contributed by atoms with Gasteiger partial charge in [-0.05, 0) is 18.2 Å². The van der Waals surface area contributed by atoms with Crippen LogP contribution in [-0.2, 0) is 7.05 Å². The molecular weight excluding hydrogens is 266 g/mol. The zero-order chi connectivity index (χ0) is 15.0. The molecule has 1 aromatic heterocycles. The summed E-state index contributed by atoms with van der Waals surface area (Å²) >= 11 is 0. The minimum absolute atomic E-state index is 0.136. The van der Waals surface area contributed by atoms with E-state index in [2.05, 4.69) is 5.10 Å². The molecule has 0 aliphatic carbocycles. The van der Waals surface area contributed by atoms with Crippen LogP contribution in [0.25, 0.3) is 22.0 Å². The normalized spacial score (nSPS) is 10.7. The Balaban J connectivity index is 2.27. The third-order valence-corrected chi connectivity index (χ3v) is 3.40. The first kappa shape index (κ1) is 13.1. The summed E-state index contributed by atoms with van der Waals surface area (Å²) in [6.07, 6.45) is 0. The average molecular weight is 279 g/mol. The predicted molar refractivity (Wildman–Crippen MR) is 80.9 cm³/mol. The predicted octanol–water partition coefficient (Wildman–Crippen LogP) is 1.70. The van der Waals surface area contributed by atoms with Crippen molar-refractivity contribution in [1.29, 1.82) is 0 Å². The zero-order valence-corrected chi connectivity index (χ0v) is 11.4. The van der Waals surface area contributed by atoms with Crippen molar-refractivity contribution in [3.63, 3.8) is 0 Å². The zero-order valence-electron chi connectivity index (χ0n) is 11.4. The molecule has 0 bridgehead atoms. The van der Waals surface area contributed by atoms with Gasteiger partial charge in [-0.2, -0.15) is 5.10 Å². The highest BCUT2D eigenvalue weighted by molar-refractivity contribution is 5.96. The SMILES string of the molecule is Cn1nc(-c2ccc(C(N)=O)cc2)c2ccccc2c1=O. The van der Waals surface area contributed by atoms with Gasteiger partial charge in [0, 0.05) is 23.6 Å². The molecule has 0 atom stereocenters. The van der Waals surface area contributed by atoms with E-state index in [0.717, 1.165) is 10.9 Å². The van der Waals surface area contributed by atoms with E-state index in [9.17, 15) is 9.59 Å². The highest BCUT2D eigenvalue weighted by atomic mass is 16.1. The number of primary amides is 1. The van der Waals surface area contributed by atoms with Gasteiger partial charge in [0.15, 0.2) is 0 Å². The number of nitrogens with zero attached hydrogens (tertiary/aromatic N) is 2. The number of aryl methyl sites for hydroxylation is 1. The summed E-state index contributed by atoms with van der Waals surface area (Å²) < 4.78 is 1.32. The number of rotatable bonds is 2. The molecule has 2 aromatic carbocycles. The summed E-state index contributed by atoms with van der Waals surface area (Å²) in [5, 5.41) is 5.73. The number of amides is 1. The molecule has 5 nitrogen and oxygen atoms in total. The van der Waals surface area contributed by atoms with Gasteiger partial charge in [-0.15, -0.1) is 0 Å². The van der Waals surface area contributed by atoms with E-state index in [1.807, 2.05) is 18.2 Å². The summed E-state index contributed by atoms with van der Waals surface area (Å²) in [5.74, 6) is -0.472. The number of benzene rings is 2. The maximum Gasteiger partial charge on any atom is 0.274 e. The Kier molecular flexibility index (Phi) is 3.02. The van der Waals surface area contributed by atoms with Gasteiger partial charge in [0.2, 0.25) is 5.91 Å². The van der Waals surface area contributed by atoms with Gasteiger partial charge >= 0.3 is 0 Å². The summed E-state index contributed by atoms with van der Waals surface area (Å²) in [6.45, 7) is 0. The van der Waals surface area contributed by atoms with Crippen molar-refractivity contribution in [1.82, 2.24) is 9.78 Å². The lowest BCUT2D eigenvalue weighted by atomic mass is 10.0. The molecule has 3 rings (SSSR count). The van der Waals surface area contributed by atoms with E-state index in [1.165, 1.54) is 4.68 Å². The summed E-state index contributed by atoms with van der Waals surface area (Å²) in [6, 6.07) is 14.2. The maximum atomic E-state index is 12.1. The summed E-state index contributed by atoms with van der Waals surface area (Å²) in [4.78, 5) is 23.2. The van der Waals surface area contributed by atoms with E-state index in [0.29, 0.717) is 16.6 Å². The molecule has 1 heterocycles. The first-order chi connectivity index (χ1) is 10.1. The molecule has 0 spiro atoms. The van der Waals surface area contributed by atoms with Gasteiger partial charge in [-0.3, -0.25) is 9.59 Å². The van der Waals surface area contributed by atoms with Crippen molar-refractivity contribution in [2.45, 2.75) is 0 Å². The van der Waals surface area contributed by atoms with E-state index in [1.54, 1.807) is 37.4 Å². The molecule has 3 aromatic rings. The highest BCUT2D eigenvalue weighted by Gasteiger charge is 2.10. The molecule has 0 saturated carbocycles. The van der Waals surface area contributed by atoms with Gasteiger partial charge in [-0.1, -0.05) is 30.3 Å². The van der Waals surface area contributed by atoms with Crippen LogP contribution < -0.4 is 11.3 Å². The van der Waals surface area contributed by atoms with Crippen molar-refractivity contribution in [2.75, 3.05) is 0 Å². The fraction of sp³-hybridized carbons (Fsp3) is 0.0625. The third kappa shape index (κ3) is 2.18. The number of nitrogens with two attached hydrogens (primary N) is 1. The number of fused-ring (bicyclic) bond motifs is 1. The Morgan fingerprint density at radius 3 is 2.29 bits per heavy atom. The number of hydrogen-bond acceptors (Lipinski definition) is 3. The van der Waals surface area contributed by atoms with E-state index >= 15 is 0 Å². The Morgan fingerprint density at radius 1 is 1.05 bits per heavy atom. The smallest absolute Gasteiger partial charge is 0.274 e. The molecule has 0 unspecified atom stereocenters. The van der Waals surface area contributed by atoms with Crippen molar-refractivity contribution >= 4 is 16.7 Å². The molecule has 0 aliphatic rings. The number of aromatic nitrogens is 2. The van der Waals surface area contributed by atoms with Crippen molar-refractivity contribution in [3.8, 4) is 11.3 Å². The highest BCUT2D eigenvalue weighted by Crippen LogP contribution is 2.24. The Hall–Kier alpha value is -2.95. The maximum absolute atomic E-state index is 12.1. The van der Waals surface area contributed by atoms with Crippen LogP contribution in [0, 0.1) is 0 Å². The first-order valence-corrected chi connectivity index (χ1v) is 6.44. The minimum atomic E-state index is -0.472. The van der Waals surface area contributed by atoms with Crippen molar-refractivity contribution in [3.05, 3.63) is 64.4 Å². The number of hydrogen-bond donors (Lipinski definition) is 1. The standard InChI is InChI=1S/C16H13N3O2/c1-19-16(21)13-5-3-2-4-12(13)14(18-19)10-6-8-11(9-7-10)15(17)20/h2-9H,1H3,(H2,17,20). The van der Waals surface area contributed by atoms with Gasteiger partial charge in [0.25, 0.3) is 5.56 Å². The van der Waals surface area contributed by atoms with E-state index in [-0.39, 0.29) is 5.56 Å². The third-order valence-electron chi connectivity index (χ3n) is 3.40. The molecular formula is C16H13N3O2. The summed E-state index contributed by atoms with van der Waals surface area (Å²) in [5.41, 5.74) is 7.06. The lowest BCUT2D eigenvalue weighted by molar-refractivity contribution is 0.100. The first-order valence-electron chi connectivity index (χ1n) is 6.44. The van der Waals surface area contributed by atoms with E-state index in [4.69, 9.17) is 5.73 Å². The van der Waals surface area contributed by atoms with Crippen LogP contribution in [0.5, 0.6) is 0 Å². The van der Waals surface area contributed by atoms with Crippen LogP contribution in [0.1, 0.15) is 10.4 Å². The quantitative estimate of drug-likeness (QED) is 0.775. The van der Waals surface area contributed by atoms with Crippen LogP contribution in [0.4, 0.5) is 0 Å². The lowest BCUT2D eigenvalue weighted by Gasteiger charge is -2.08. The van der Waals surface area contributed by atoms with Crippen molar-refractivity contribution in [2.24, 2.45) is 12.8 Å². The molecule has 0 aliphatic heterocycles. The Morgan fingerprint density at radius 2 is 1.67 bits per heavy atom. The van der Waals surface area contributed by atoms with Crippen LogP contribution in [0.3, 0.4) is 0 Å². The molecule has 104 valence electrons. The minimum Gasteiger partial charge on any atom is -0.366 e. The molecule has 1 amide bonds. The monoisotopic (exact) mass is 279 g/mol. The Bertz CT molecular complexity index is 896. The van der Waals surface area contributed by atoms with Gasteiger partial charge in [-0.25, -0.2) is 4.68 Å². The molecule has 0 fully saturated rings. The second-order valence-electron chi connectivity index (χ2n) is 4.76. The molecule has 0 radical (unpaired) electrons. The average Bonchev–Trinajstić information content (AvgIpc) is 2.51. The van der Waals surface area contributed by atoms with Crippen LogP contribution in [0.15, 0.2) is 53.3 Å². The largest absolute Gasteiger partial charge is 0.366 e. The lowest BCUT2D eigenvalue weighted by Crippen LogP contribution is -2.20. The number of carbonyl (C=O) groups excluding carboxylic acids is 1. The van der Waals surface area contributed by atoms with E-state index < -0.39 is 5.91 Å². The summed E-state index contributed by atoms with van der Waals surface area (Å²) in [7, 11) is 1.62. The van der Waals surface area contributed by atoms with Crippen molar-refractivity contribution < 1.29 is 4.79 Å². The second-order valence-corrected chi connectivity index (χ2v) is 4.76. The molecule has 0 saturated heterocycles.